The van der Waals surface area contributed by atoms with E-state index in [4.69, 9.17) is 15.9 Å². The molecule has 0 fully saturated rings. The molecular formula is C13H16O2. The third-order valence-corrected chi connectivity index (χ3v) is 1.81. The maximum atomic E-state index is 5.54. The zero-order valence-electron chi connectivity index (χ0n) is 9.03. The van der Waals surface area contributed by atoms with E-state index < -0.39 is 0 Å². The lowest BCUT2D eigenvalue weighted by atomic mass is 10.3. The minimum atomic E-state index is 0.531. The van der Waals surface area contributed by atoms with Crippen molar-refractivity contribution in [3.8, 4) is 23.8 Å². The molecule has 1 aromatic carbocycles. The Morgan fingerprint density at radius 2 is 1.73 bits per heavy atom. The Morgan fingerprint density at radius 3 is 2.27 bits per heavy atom. The summed E-state index contributed by atoms with van der Waals surface area (Å²) in [5, 5.41) is 0. The fourth-order valence-corrected chi connectivity index (χ4v) is 1.12. The number of rotatable bonds is 6. The predicted molar refractivity (Wildman–Crippen MR) is 61.2 cm³/mol. The third-order valence-electron chi connectivity index (χ3n) is 1.81. The van der Waals surface area contributed by atoms with Gasteiger partial charge in [-0.3, -0.25) is 0 Å². The quantitative estimate of drug-likeness (QED) is 0.524. The van der Waals surface area contributed by atoms with Crippen LogP contribution in [0.3, 0.4) is 0 Å². The van der Waals surface area contributed by atoms with Gasteiger partial charge in [0.2, 0.25) is 0 Å². The first-order valence-corrected chi connectivity index (χ1v) is 5.16. The standard InChI is InChI=1S/C13H16O2/c1-3-5-11-15-13-9-7-6-8-12(13)14-10-4-2/h1,6-9H,4-5,10-11H2,2H3. The average molecular weight is 204 g/mol. The highest BCUT2D eigenvalue weighted by molar-refractivity contribution is 5.39. The second-order valence-electron chi connectivity index (χ2n) is 3.10. The molecule has 0 bridgehead atoms. The Bertz CT molecular complexity index is 326. The molecule has 1 aromatic rings. The van der Waals surface area contributed by atoms with Crippen molar-refractivity contribution >= 4 is 0 Å². The van der Waals surface area contributed by atoms with Gasteiger partial charge < -0.3 is 9.47 Å². The van der Waals surface area contributed by atoms with Crippen LogP contribution in [-0.2, 0) is 0 Å². The molecule has 0 aromatic heterocycles. The van der Waals surface area contributed by atoms with Crippen LogP contribution in [0.25, 0.3) is 0 Å². The summed E-state index contributed by atoms with van der Waals surface area (Å²) in [5.41, 5.74) is 0. The molecule has 2 heteroatoms. The lowest BCUT2D eigenvalue weighted by Gasteiger charge is -2.10. The molecule has 0 radical (unpaired) electrons. The van der Waals surface area contributed by atoms with Gasteiger partial charge in [-0.1, -0.05) is 19.1 Å². The first-order valence-electron chi connectivity index (χ1n) is 5.16. The van der Waals surface area contributed by atoms with Crippen LogP contribution in [-0.4, -0.2) is 13.2 Å². The van der Waals surface area contributed by atoms with Gasteiger partial charge in [0.05, 0.1) is 13.2 Å². The monoisotopic (exact) mass is 204 g/mol. The number of hydrogen-bond acceptors (Lipinski definition) is 2. The van der Waals surface area contributed by atoms with Crippen LogP contribution in [0.4, 0.5) is 0 Å². The van der Waals surface area contributed by atoms with Crippen molar-refractivity contribution in [3.05, 3.63) is 24.3 Å². The molecule has 0 aliphatic carbocycles. The van der Waals surface area contributed by atoms with Crippen LogP contribution in [0.15, 0.2) is 24.3 Å². The lowest BCUT2D eigenvalue weighted by molar-refractivity contribution is 0.272. The number of benzene rings is 1. The maximum absolute atomic E-state index is 5.54. The summed E-state index contributed by atoms with van der Waals surface area (Å²) >= 11 is 0. The topological polar surface area (TPSA) is 18.5 Å². The lowest BCUT2D eigenvalue weighted by Crippen LogP contribution is -2.01. The summed E-state index contributed by atoms with van der Waals surface area (Å²) in [6.45, 7) is 3.31. The van der Waals surface area contributed by atoms with Crippen molar-refractivity contribution < 1.29 is 9.47 Å². The Kier molecular flexibility index (Phi) is 5.18. The number of ether oxygens (including phenoxy) is 2. The van der Waals surface area contributed by atoms with E-state index in [2.05, 4.69) is 12.8 Å². The molecule has 0 atom stereocenters. The number of hydrogen-bond donors (Lipinski definition) is 0. The third kappa shape index (κ3) is 3.95. The summed E-state index contributed by atoms with van der Waals surface area (Å²) in [6, 6.07) is 7.64. The van der Waals surface area contributed by atoms with Gasteiger partial charge in [0.15, 0.2) is 11.5 Å². The van der Waals surface area contributed by atoms with Gasteiger partial charge >= 0.3 is 0 Å². The fourth-order valence-electron chi connectivity index (χ4n) is 1.12. The molecule has 0 amide bonds. The highest BCUT2D eigenvalue weighted by atomic mass is 16.5. The van der Waals surface area contributed by atoms with Crippen LogP contribution < -0.4 is 9.47 Å². The predicted octanol–water partition coefficient (Wildman–Crippen LogP) is 2.88. The highest BCUT2D eigenvalue weighted by Gasteiger charge is 2.02. The van der Waals surface area contributed by atoms with Crippen molar-refractivity contribution in [2.45, 2.75) is 19.8 Å². The molecule has 0 heterocycles. The smallest absolute Gasteiger partial charge is 0.161 e. The van der Waals surface area contributed by atoms with E-state index in [0.717, 1.165) is 17.9 Å². The molecular weight excluding hydrogens is 188 g/mol. The van der Waals surface area contributed by atoms with E-state index in [-0.39, 0.29) is 0 Å². The molecule has 15 heavy (non-hydrogen) atoms. The van der Waals surface area contributed by atoms with E-state index >= 15 is 0 Å². The van der Waals surface area contributed by atoms with Crippen LogP contribution in [0.5, 0.6) is 11.5 Å². The molecule has 0 saturated carbocycles. The van der Waals surface area contributed by atoms with Gasteiger partial charge in [0.1, 0.15) is 0 Å². The number of para-hydroxylation sites is 2. The largest absolute Gasteiger partial charge is 0.490 e. The van der Waals surface area contributed by atoms with E-state index in [0.29, 0.717) is 19.6 Å². The minimum absolute atomic E-state index is 0.531. The maximum Gasteiger partial charge on any atom is 0.161 e. The van der Waals surface area contributed by atoms with E-state index in [1.54, 1.807) is 0 Å². The van der Waals surface area contributed by atoms with Crippen LogP contribution >= 0.6 is 0 Å². The average Bonchev–Trinajstić information content (AvgIpc) is 2.28. The van der Waals surface area contributed by atoms with Crippen molar-refractivity contribution in [1.29, 1.82) is 0 Å². The molecule has 80 valence electrons. The summed E-state index contributed by atoms with van der Waals surface area (Å²) in [5.74, 6) is 4.09. The van der Waals surface area contributed by atoms with Gasteiger partial charge in [0.25, 0.3) is 0 Å². The first-order chi connectivity index (χ1) is 7.38. The Balaban J connectivity index is 2.56. The van der Waals surface area contributed by atoms with Gasteiger partial charge in [-0.2, -0.15) is 0 Å². The SMILES string of the molecule is C#CCCOc1ccccc1OCCC. The van der Waals surface area contributed by atoms with Crippen molar-refractivity contribution in [3.63, 3.8) is 0 Å². The van der Waals surface area contributed by atoms with Gasteiger partial charge in [0, 0.05) is 6.42 Å². The Morgan fingerprint density at radius 1 is 1.13 bits per heavy atom. The summed E-state index contributed by atoms with van der Waals surface area (Å²) in [6.07, 6.45) is 6.75. The Labute approximate surface area is 91.2 Å². The second kappa shape index (κ2) is 6.78. The molecule has 0 aliphatic heterocycles. The van der Waals surface area contributed by atoms with E-state index in [1.807, 2.05) is 24.3 Å². The van der Waals surface area contributed by atoms with Crippen LogP contribution in [0.1, 0.15) is 19.8 Å². The van der Waals surface area contributed by atoms with E-state index in [9.17, 15) is 0 Å². The molecule has 2 nitrogen and oxygen atoms in total. The van der Waals surface area contributed by atoms with E-state index in [1.165, 1.54) is 0 Å². The Hall–Kier alpha value is -1.62. The summed E-state index contributed by atoms with van der Waals surface area (Å²) in [4.78, 5) is 0. The first kappa shape index (κ1) is 11.5. The molecule has 0 aliphatic rings. The summed E-state index contributed by atoms with van der Waals surface area (Å²) in [7, 11) is 0. The fraction of sp³-hybridized carbons (Fsp3) is 0.385. The zero-order valence-corrected chi connectivity index (χ0v) is 9.03. The molecule has 0 N–H and O–H groups in total. The van der Waals surface area contributed by atoms with Crippen LogP contribution in [0.2, 0.25) is 0 Å². The normalized spacial score (nSPS) is 9.33. The summed E-state index contributed by atoms with van der Waals surface area (Å²) < 4.78 is 11.0. The van der Waals surface area contributed by atoms with Gasteiger partial charge in [-0.05, 0) is 18.6 Å². The molecule has 0 unspecified atom stereocenters. The van der Waals surface area contributed by atoms with Gasteiger partial charge in [-0.15, -0.1) is 12.3 Å². The zero-order chi connectivity index (χ0) is 10.9. The highest BCUT2D eigenvalue weighted by Crippen LogP contribution is 2.26. The van der Waals surface area contributed by atoms with Crippen molar-refractivity contribution in [1.82, 2.24) is 0 Å². The second-order valence-corrected chi connectivity index (χ2v) is 3.10. The van der Waals surface area contributed by atoms with Crippen molar-refractivity contribution in [2.24, 2.45) is 0 Å². The van der Waals surface area contributed by atoms with Crippen molar-refractivity contribution in [2.75, 3.05) is 13.2 Å². The molecule has 0 spiro atoms. The minimum Gasteiger partial charge on any atom is -0.490 e. The molecule has 1 rings (SSSR count). The molecule has 0 saturated heterocycles. The van der Waals surface area contributed by atoms with Crippen LogP contribution in [0, 0.1) is 12.3 Å². The van der Waals surface area contributed by atoms with Gasteiger partial charge in [-0.25, -0.2) is 0 Å². The number of terminal acetylenes is 1.